The van der Waals surface area contributed by atoms with Gasteiger partial charge in [-0.25, -0.2) is 9.59 Å². The van der Waals surface area contributed by atoms with E-state index in [-0.39, 0.29) is 0 Å². The van der Waals surface area contributed by atoms with Crippen LogP contribution in [0.5, 0.6) is 0 Å². The number of hydrogen-bond donors (Lipinski definition) is 2. The third-order valence-electron chi connectivity index (χ3n) is 5.82. The summed E-state index contributed by atoms with van der Waals surface area (Å²) in [7, 11) is 0. The van der Waals surface area contributed by atoms with E-state index >= 15 is 0 Å². The molecule has 2 fully saturated rings. The lowest BCUT2D eigenvalue weighted by Gasteiger charge is -2.33. The molecule has 1 aliphatic carbocycles. The van der Waals surface area contributed by atoms with Crippen LogP contribution >= 0.6 is 0 Å². The van der Waals surface area contributed by atoms with E-state index in [0.717, 1.165) is 22.4 Å². The normalized spacial score (nSPS) is 27.0. The van der Waals surface area contributed by atoms with E-state index in [1.54, 1.807) is 0 Å². The van der Waals surface area contributed by atoms with Crippen molar-refractivity contribution in [1.82, 2.24) is 15.1 Å². The highest BCUT2D eigenvalue weighted by Crippen LogP contribution is 2.41. The Morgan fingerprint density at radius 2 is 2.00 bits per heavy atom. The molecule has 2 unspecified atom stereocenters. The number of urea groups is 1. The summed E-state index contributed by atoms with van der Waals surface area (Å²) in [5.74, 6) is -2.00. The van der Waals surface area contributed by atoms with Crippen molar-refractivity contribution in [2.45, 2.75) is 43.7 Å². The van der Waals surface area contributed by atoms with Crippen LogP contribution in [0.25, 0.3) is 0 Å². The summed E-state index contributed by atoms with van der Waals surface area (Å²) in [6, 6.07) is 5.98. The van der Waals surface area contributed by atoms with Crippen LogP contribution in [0.2, 0.25) is 0 Å². The predicted molar refractivity (Wildman–Crippen MR) is 93.7 cm³/mol. The van der Waals surface area contributed by atoms with Crippen molar-refractivity contribution >= 4 is 23.8 Å². The van der Waals surface area contributed by atoms with Crippen molar-refractivity contribution in [1.29, 1.82) is 0 Å². The van der Waals surface area contributed by atoms with Crippen LogP contribution in [0.3, 0.4) is 0 Å². The largest absolute Gasteiger partial charge is 0.480 e. The second kappa shape index (κ2) is 6.37. The summed E-state index contributed by atoms with van der Waals surface area (Å²) in [5.41, 5.74) is 0.684. The summed E-state index contributed by atoms with van der Waals surface area (Å²) in [6.45, 7) is -0.105. The number of nitrogens with zero attached hydrogens (tertiary/aromatic N) is 2. The van der Waals surface area contributed by atoms with Gasteiger partial charge < -0.3 is 15.3 Å². The zero-order chi connectivity index (χ0) is 19.2. The number of carbonyl (C=O) groups excluding carboxylic acids is 3. The zero-order valence-corrected chi connectivity index (χ0v) is 14.8. The van der Waals surface area contributed by atoms with Crippen LogP contribution in [-0.2, 0) is 26.3 Å². The topological polar surface area (TPSA) is 107 Å². The summed E-state index contributed by atoms with van der Waals surface area (Å²) in [6.07, 6.45) is 2.98. The molecule has 1 spiro atoms. The maximum atomic E-state index is 13.1. The summed E-state index contributed by atoms with van der Waals surface area (Å²) >= 11 is 0. The smallest absolute Gasteiger partial charge is 0.326 e. The van der Waals surface area contributed by atoms with Crippen molar-refractivity contribution < 1.29 is 24.3 Å². The number of fused-ring (bicyclic) bond motifs is 2. The number of imide groups is 1. The summed E-state index contributed by atoms with van der Waals surface area (Å²) < 4.78 is 0. The Labute approximate surface area is 156 Å². The van der Waals surface area contributed by atoms with Gasteiger partial charge in [0.1, 0.15) is 18.1 Å². The monoisotopic (exact) mass is 371 g/mol. The van der Waals surface area contributed by atoms with Crippen molar-refractivity contribution in [2.75, 3.05) is 13.1 Å². The van der Waals surface area contributed by atoms with Crippen LogP contribution in [0.1, 0.15) is 36.8 Å². The van der Waals surface area contributed by atoms with Crippen LogP contribution in [-0.4, -0.2) is 57.9 Å². The Kier molecular flexibility index (Phi) is 4.13. The van der Waals surface area contributed by atoms with Gasteiger partial charge in [0.05, 0.1) is 0 Å². The van der Waals surface area contributed by atoms with Crippen molar-refractivity contribution in [3.05, 3.63) is 35.4 Å². The number of aryl methyl sites for hydroxylation is 1. The molecular formula is C19H21N3O5. The molecule has 4 rings (SSSR count). The minimum atomic E-state index is -1.11. The predicted octanol–water partition coefficient (Wildman–Crippen LogP) is 0.846. The first kappa shape index (κ1) is 17.5. The van der Waals surface area contributed by atoms with Gasteiger partial charge in [-0.05, 0) is 43.2 Å². The van der Waals surface area contributed by atoms with Crippen molar-refractivity contribution in [3.8, 4) is 0 Å². The van der Waals surface area contributed by atoms with Gasteiger partial charge in [0.25, 0.3) is 5.91 Å². The fourth-order valence-electron chi connectivity index (χ4n) is 4.45. The van der Waals surface area contributed by atoms with E-state index < -0.39 is 41.9 Å². The highest BCUT2D eigenvalue weighted by Gasteiger charge is 2.55. The number of benzene rings is 1. The van der Waals surface area contributed by atoms with Crippen molar-refractivity contribution in [3.63, 3.8) is 0 Å². The average Bonchev–Trinajstić information content (AvgIpc) is 3.15. The van der Waals surface area contributed by atoms with Gasteiger partial charge in [-0.3, -0.25) is 14.5 Å². The molecular weight excluding hydrogens is 350 g/mol. The Morgan fingerprint density at radius 3 is 2.78 bits per heavy atom. The zero-order valence-electron chi connectivity index (χ0n) is 14.8. The average molecular weight is 371 g/mol. The molecule has 2 N–H and O–H groups in total. The maximum Gasteiger partial charge on any atom is 0.326 e. The number of carboxylic acids is 1. The molecule has 2 saturated heterocycles. The van der Waals surface area contributed by atoms with Gasteiger partial charge in [-0.2, -0.15) is 0 Å². The molecule has 27 heavy (non-hydrogen) atoms. The summed E-state index contributed by atoms with van der Waals surface area (Å²) in [5, 5.41) is 12.1. The number of carboxylic acid groups (broad SMARTS) is 1. The van der Waals surface area contributed by atoms with E-state index in [4.69, 9.17) is 0 Å². The molecule has 1 aromatic carbocycles. The Balaban J connectivity index is 1.55. The number of likely N-dealkylation sites (tertiary alicyclic amines) is 1. The van der Waals surface area contributed by atoms with Crippen LogP contribution < -0.4 is 5.32 Å². The van der Waals surface area contributed by atoms with Gasteiger partial charge in [0, 0.05) is 6.54 Å². The number of aliphatic carboxylic acids is 1. The molecule has 2 atom stereocenters. The third kappa shape index (κ3) is 2.67. The van der Waals surface area contributed by atoms with E-state index in [1.165, 1.54) is 4.90 Å². The number of rotatable bonds is 3. The van der Waals surface area contributed by atoms with Crippen LogP contribution in [0, 0.1) is 0 Å². The second-order valence-corrected chi connectivity index (χ2v) is 7.32. The van der Waals surface area contributed by atoms with Gasteiger partial charge in [0.15, 0.2) is 0 Å². The van der Waals surface area contributed by atoms with Crippen molar-refractivity contribution in [2.24, 2.45) is 0 Å². The van der Waals surface area contributed by atoms with Gasteiger partial charge in [-0.1, -0.05) is 24.3 Å². The molecule has 0 aromatic heterocycles. The molecule has 4 amide bonds. The number of nitrogens with one attached hydrogen (secondary N) is 1. The van der Waals surface area contributed by atoms with Gasteiger partial charge >= 0.3 is 12.0 Å². The minimum Gasteiger partial charge on any atom is -0.480 e. The first-order valence-corrected chi connectivity index (χ1v) is 9.19. The Hall–Kier alpha value is -2.90. The molecule has 8 heteroatoms. The van der Waals surface area contributed by atoms with E-state index in [1.807, 2.05) is 24.3 Å². The van der Waals surface area contributed by atoms with Gasteiger partial charge in [0.2, 0.25) is 5.91 Å². The van der Waals surface area contributed by atoms with Crippen LogP contribution in [0.15, 0.2) is 24.3 Å². The fraction of sp³-hybridized carbons (Fsp3) is 0.474. The second-order valence-electron chi connectivity index (χ2n) is 7.32. The minimum absolute atomic E-state index is 0.327. The molecule has 8 nitrogen and oxygen atoms in total. The number of piperidine rings is 1. The third-order valence-corrected chi connectivity index (χ3v) is 5.82. The highest BCUT2D eigenvalue weighted by atomic mass is 16.4. The molecule has 0 saturated carbocycles. The van der Waals surface area contributed by atoms with E-state index in [2.05, 4.69) is 5.32 Å². The van der Waals surface area contributed by atoms with Crippen LogP contribution in [0.4, 0.5) is 4.79 Å². The Morgan fingerprint density at radius 1 is 1.22 bits per heavy atom. The molecule has 0 radical (unpaired) electrons. The number of carbonyl (C=O) groups is 4. The standard InChI is InChI=1S/C19H21N3O5/c23-15(21-10-4-3-7-14(21)16(24)25)11-22-17(26)19(20-18(22)27)9-8-12-5-1-2-6-13(12)19/h1-2,5-6,14H,3-4,7-11H2,(H,20,27)(H,24,25). The SMILES string of the molecule is O=C(O)C1CCCCN1C(=O)CN1C(=O)NC2(CCc3ccccc32)C1=O. The Bertz CT molecular complexity index is 838. The lowest BCUT2D eigenvalue weighted by molar-refractivity contribution is -0.152. The van der Waals surface area contributed by atoms with Gasteiger partial charge in [-0.15, -0.1) is 0 Å². The number of amides is 4. The van der Waals surface area contributed by atoms with E-state index in [9.17, 15) is 24.3 Å². The molecule has 2 heterocycles. The molecule has 3 aliphatic rings. The quantitative estimate of drug-likeness (QED) is 0.766. The lowest BCUT2D eigenvalue weighted by atomic mass is 9.92. The molecule has 142 valence electrons. The summed E-state index contributed by atoms with van der Waals surface area (Å²) in [4.78, 5) is 51.9. The first-order valence-electron chi connectivity index (χ1n) is 9.19. The molecule has 2 aliphatic heterocycles. The lowest BCUT2D eigenvalue weighted by Crippen LogP contribution is -2.52. The fourth-order valence-corrected chi connectivity index (χ4v) is 4.45. The number of hydrogen-bond acceptors (Lipinski definition) is 4. The van der Waals surface area contributed by atoms with E-state index in [0.29, 0.717) is 32.2 Å². The molecule has 0 bridgehead atoms. The highest BCUT2D eigenvalue weighted by molar-refractivity contribution is 6.10. The molecule has 1 aromatic rings. The maximum absolute atomic E-state index is 13.1. The first-order chi connectivity index (χ1) is 12.9.